The molecule has 110 valence electrons. The van der Waals surface area contributed by atoms with Crippen molar-refractivity contribution in [3.8, 4) is 0 Å². The van der Waals surface area contributed by atoms with Gasteiger partial charge < -0.3 is 16.2 Å². The molecule has 2 rings (SSSR count). The largest absolute Gasteiger partial charge is 0.478 e. The van der Waals surface area contributed by atoms with Gasteiger partial charge in [0.05, 0.1) is 11.3 Å². The molecule has 0 atom stereocenters. The number of nitrogens with two attached hydrogens (primary N) is 1. The Morgan fingerprint density at radius 2 is 1.90 bits per heavy atom. The van der Waals surface area contributed by atoms with Crippen LogP contribution in [0.2, 0.25) is 0 Å². The molecule has 0 heterocycles. The van der Waals surface area contributed by atoms with Crippen LogP contribution in [0.25, 0.3) is 0 Å². The first kappa shape index (κ1) is 14.8. The van der Waals surface area contributed by atoms with Gasteiger partial charge in [0.1, 0.15) is 11.6 Å². The van der Waals surface area contributed by atoms with Gasteiger partial charge in [-0.2, -0.15) is 0 Å². The first-order chi connectivity index (χ1) is 9.99. The lowest BCUT2D eigenvalue weighted by Crippen LogP contribution is -2.10. The van der Waals surface area contributed by atoms with Gasteiger partial charge in [0.25, 0.3) is 0 Å². The molecule has 6 heteroatoms. The summed E-state index contributed by atoms with van der Waals surface area (Å²) < 4.78 is 27.1. The molecule has 0 amide bonds. The second-order valence-corrected chi connectivity index (χ2v) is 4.49. The van der Waals surface area contributed by atoms with E-state index in [1.54, 1.807) is 18.2 Å². The van der Waals surface area contributed by atoms with E-state index < -0.39 is 11.8 Å². The van der Waals surface area contributed by atoms with E-state index in [1.807, 2.05) is 0 Å². The van der Waals surface area contributed by atoms with E-state index in [0.717, 1.165) is 12.1 Å². The average molecular weight is 292 g/mol. The third kappa shape index (κ3) is 3.47. The molecular formula is C15H14F2N2O2. The summed E-state index contributed by atoms with van der Waals surface area (Å²) in [7, 11) is 0. The number of carbonyl (C=O) groups is 1. The maximum atomic E-state index is 13.7. The van der Waals surface area contributed by atoms with Crippen molar-refractivity contribution in [3.05, 3.63) is 59.2 Å². The summed E-state index contributed by atoms with van der Waals surface area (Å²) in [5.74, 6) is -2.21. The molecule has 0 saturated carbocycles. The molecule has 0 radical (unpaired) electrons. The summed E-state index contributed by atoms with van der Waals surface area (Å²) in [6.07, 6.45) is 0.346. The third-order valence-electron chi connectivity index (χ3n) is 3.04. The molecule has 0 unspecified atom stereocenters. The van der Waals surface area contributed by atoms with E-state index in [-0.39, 0.29) is 29.3 Å². The Kier molecular flexibility index (Phi) is 4.37. The maximum absolute atomic E-state index is 13.7. The van der Waals surface area contributed by atoms with Crippen LogP contribution in [0.4, 0.5) is 20.2 Å². The molecule has 2 aromatic rings. The molecule has 0 aliphatic heterocycles. The number of nitrogen functional groups attached to an aromatic ring is 1. The first-order valence-corrected chi connectivity index (χ1v) is 6.28. The Labute approximate surface area is 120 Å². The highest BCUT2D eigenvalue weighted by atomic mass is 19.1. The number of benzene rings is 2. The molecule has 0 aliphatic rings. The predicted molar refractivity (Wildman–Crippen MR) is 76.4 cm³/mol. The quantitative estimate of drug-likeness (QED) is 0.741. The lowest BCUT2D eigenvalue weighted by atomic mass is 10.1. The number of anilines is 2. The molecule has 2 aromatic carbocycles. The minimum atomic E-state index is -1.23. The van der Waals surface area contributed by atoms with Crippen LogP contribution >= 0.6 is 0 Å². The molecule has 0 spiro atoms. The van der Waals surface area contributed by atoms with Gasteiger partial charge in [-0.05, 0) is 30.2 Å². The van der Waals surface area contributed by atoms with Crippen LogP contribution in [0.3, 0.4) is 0 Å². The van der Waals surface area contributed by atoms with Crippen LogP contribution in [0, 0.1) is 11.6 Å². The normalized spacial score (nSPS) is 10.4. The number of rotatable bonds is 5. The van der Waals surface area contributed by atoms with Crippen molar-refractivity contribution in [1.82, 2.24) is 0 Å². The highest BCUT2D eigenvalue weighted by Crippen LogP contribution is 2.22. The smallest absolute Gasteiger partial charge is 0.337 e. The summed E-state index contributed by atoms with van der Waals surface area (Å²) in [6.45, 7) is 0.265. The van der Waals surface area contributed by atoms with Gasteiger partial charge in [-0.1, -0.05) is 18.2 Å². The summed E-state index contributed by atoms with van der Waals surface area (Å²) >= 11 is 0. The molecule has 0 saturated heterocycles. The predicted octanol–water partition coefficient (Wildman–Crippen LogP) is 2.90. The SMILES string of the molecule is Nc1cc(F)c(NCCc2ccccc2F)cc1C(=O)O. The van der Waals surface area contributed by atoms with E-state index >= 15 is 0 Å². The Morgan fingerprint density at radius 3 is 2.57 bits per heavy atom. The number of carboxylic acid groups (broad SMARTS) is 1. The van der Waals surface area contributed by atoms with Gasteiger partial charge in [-0.25, -0.2) is 13.6 Å². The minimum absolute atomic E-state index is 0.0259. The number of halogens is 2. The van der Waals surface area contributed by atoms with Crippen LogP contribution in [-0.2, 0) is 6.42 Å². The van der Waals surface area contributed by atoms with E-state index in [4.69, 9.17) is 10.8 Å². The van der Waals surface area contributed by atoms with Gasteiger partial charge >= 0.3 is 5.97 Å². The first-order valence-electron chi connectivity index (χ1n) is 6.28. The molecular weight excluding hydrogens is 278 g/mol. The van der Waals surface area contributed by atoms with Crippen molar-refractivity contribution in [2.24, 2.45) is 0 Å². The third-order valence-corrected chi connectivity index (χ3v) is 3.04. The van der Waals surface area contributed by atoms with E-state index in [9.17, 15) is 13.6 Å². The van der Waals surface area contributed by atoms with Crippen molar-refractivity contribution in [3.63, 3.8) is 0 Å². The number of nitrogens with one attached hydrogen (secondary N) is 1. The molecule has 0 bridgehead atoms. The fourth-order valence-electron chi connectivity index (χ4n) is 1.94. The summed E-state index contributed by atoms with van der Waals surface area (Å²) in [4.78, 5) is 10.9. The zero-order chi connectivity index (χ0) is 15.4. The van der Waals surface area contributed by atoms with E-state index in [2.05, 4.69) is 5.32 Å². The molecule has 4 nitrogen and oxygen atoms in total. The van der Waals surface area contributed by atoms with Gasteiger partial charge in [0.2, 0.25) is 0 Å². The summed E-state index contributed by atoms with van der Waals surface area (Å²) in [5, 5.41) is 11.7. The van der Waals surface area contributed by atoms with Crippen LogP contribution in [-0.4, -0.2) is 17.6 Å². The van der Waals surface area contributed by atoms with Gasteiger partial charge in [-0.15, -0.1) is 0 Å². The van der Waals surface area contributed by atoms with Crippen LogP contribution in [0.1, 0.15) is 15.9 Å². The Hall–Kier alpha value is -2.63. The fourth-order valence-corrected chi connectivity index (χ4v) is 1.94. The van der Waals surface area contributed by atoms with Crippen LogP contribution in [0.5, 0.6) is 0 Å². The Bertz CT molecular complexity index is 675. The number of carboxylic acids is 1. The van der Waals surface area contributed by atoms with Crippen molar-refractivity contribution < 1.29 is 18.7 Å². The van der Waals surface area contributed by atoms with E-state index in [1.165, 1.54) is 6.07 Å². The fraction of sp³-hybridized carbons (Fsp3) is 0.133. The highest BCUT2D eigenvalue weighted by molar-refractivity contribution is 5.94. The molecule has 4 N–H and O–H groups in total. The van der Waals surface area contributed by atoms with Crippen LogP contribution in [0.15, 0.2) is 36.4 Å². The van der Waals surface area contributed by atoms with Crippen molar-refractivity contribution >= 4 is 17.3 Å². The van der Waals surface area contributed by atoms with Gasteiger partial charge in [0.15, 0.2) is 0 Å². The van der Waals surface area contributed by atoms with E-state index in [0.29, 0.717) is 12.0 Å². The van der Waals surface area contributed by atoms with Crippen molar-refractivity contribution in [1.29, 1.82) is 0 Å². The zero-order valence-electron chi connectivity index (χ0n) is 11.1. The lowest BCUT2D eigenvalue weighted by molar-refractivity contribution is 0.0698. The summed E-state index contributed by atoms with van der Waals surface area (Å²) in [5.41, 5.74) is 5.64. The maximum Gasteiger partial charge on any atom is 0.337 e. The minimum Gasteiger partial charge on any atom is -0.478 e. The zero-order valence-corrected chi connectivity index (χ0v) is 11.1. The number of aromatic carboxylic acids is 1. The van der Waals surface area contributed by atoms with Crippen molar-refractivity contribution in [2.75, 3.05) is 17.6 Å². The molecule has 0 fully saturated rings. The second-order valence-electron chi connectivity index (χ2n) is 4.49. The number of hydrogen-bond donors (Lipinski definition) is 3. The summed E-state index contributed by atoms with van der Waals surface area (Å²) in [6, 6.07) is 8.37. The van der Waals surface area contributed by atoms with Gasteiger partial charge in [-0.3, -0.25) is 0 Å². The van der Waals surface area contributed by atoms with Crippen LogP contribution < -0.4 is 11.1 Å². The number of hydrogen-bond acceptors (Lipinski definition) is 3. The Balaban J connectivity index is 2.08. The molecule has 0 aliphatic carbocycles. The standard InChI is InChI=1S/C15H14F2N2O2/c16-11-4-2-1-3-9(11)5-6-19-14-7-10(15(20)21)13(18)8-12(14)17/h1-4,7-8,19H,5-6,18H2,(H,20,21). The monoisotopic (exact) mass is 292 g/mol. The second kappa shape index (κ2) is 6.21. The highest BCUT2D eigenvalue weighted by Gasteiger charge is 2.13. The lowest BCUT2D eigenvalue weighted by Gasteiger charge is -2.10. The van der Waals surface area contributed by atoms with Crippen molar-refractivity contribution in [2.45, 2.75) is 6.42 Å². The molecule has 21 heavy (non-hydrogen) atoms. The molecule has 0 aromatic heterocycles. The topological polar surface area (TPSA) is 75.3 Å². The Morgan fingerprint density at radius 1 is 1.19 bits per heavy atom. The van der Waals surface area contributed by atoms with Gasteiger partial charge in [0, 0.05) is 12.2 Å². The average Bonchev–Trinajstić information content (AvgIpc) is 2.42.